The van der Waals surface area contributed by atoms with Crippen LogP contribution in [-0.2, 0) is 6.67 Å². The molecular formula is C13H10ClFN4. The molecule has 3 aromatic rings. The molecule has 0 aliphatic heterocycles. The molecule has 0 aliphatic carbocycles. The van der Waals surface area contributed by atoms with E-state index in [0.29, 0.717) is 6.67 Å². The Morgan fingerprint density at radius 1 is 1.21 bits per heavy atom. The lowest BCUT2D eigenvalue weighted by molar-refractivity contribution is 0.627. The van der Waals surface area contributed by atoms with Crippen LogP contribution in [0.1, 0.15) is 0 Å². The number of fused-ring (bicyclic) bond motifs is 1. The van der Waals surface area contributed by atoms with Crippen molar-refractivity contribution in [2.45, 2.75) is 6.67 Å². The molecule has 0 saturated carbocycles. The van der Waals surface area contributed by atoms with Crippen LogP contribution in [-0.4, -0.2) is 15.0 Å². The van der Waals surface area contributed by atoms with E-state index in [-0.39, 0.29) is 5.02 Å². The first-order valence-electron chi connectivity index (χ1n) is 5.71. The Bertz CT molecular complexity index is 725. The molecule has 1 aromatic heterocycles. The molecule has 0 atom stereocenters. The van der Waals surface area contributed by atoms with E-state index in [0.717, 1.165) is 16.7 Å². The van der Waals surface area contributed by atoms with Gasteiger partial charge in [0.25, 0.3) is 0 Å². The minimum absolute atomic E-state index is 0.0912. The Labute approximate surface area is 113 Å². The second-order valence-corrected chi connectivity index (χ2v) is 4.45. The third-order valence-corrected chi connectivity index (χ3v) is 3.06. The summed E-state index contributed by atoms with van der Waals surface area (Å²) in [5.74, 6) is -0.432. The molecule has 4 nitrogen and oxygen atoms in total. The summed E-state index contributed by atoms with van der Waals surface area (Å²) in [6.45, 7) is 0.433. The molecule has 19 heavy (non-hydrogen) atoms. The fourth-order valence-electron chi connectivity index (χ4n) is 1.81. The number of halogens is 2. The fraction of sp³-hybridized carbons (Fsp3) is 0.0769. The van der Waals surface area contributed by atoms with E-state index in [2.05, 4.69) is 15.6 Å². The Balaban J connectivity index is 1.80. The summed E-state index contributed by atoms with van der Waals surface area (Å²) >= 11 is 5.72. The van der Waals surface area contributed by atoms with Gasteiger partial charge in [0, 0.05) is 5.69 Å². The molecule has 0 radical (unpaired) electrons. The van der Waals surface area contributed by atoms with Crippen LogP contribution in [0.15, 0.2) is 42.5 Å². The number of aromatic nitrogens is 3. The molecule has 96 valence electrons. The summed E-state index contributed by atoms with van der Waals surface area (Å²) in [6, 6.07) is 12.2. The molecule has 3 rings (SSSR count). The van der Waals surface area contributed by atoms with Gasteiger partial charge in [0.1, 0.15) is 18.0 Å². The highest BCUT2D eigenvalue weighted by Gasteiger charge is 2.04. The minimum atomic E-state index is -0.432. The van der Waals surface area contributed by atoms with Crippen molar-refractivity contribution in [2.75, 3.05) is 5.32 Å². The summed E-state index contributed by atoms with van der Waals surface area (Å²) < 4.78 is 14.8. The van der Waals surface area contributed by atoms with Crippen LogP contribution in [0.4, 0.5) is 10.1 Å². The van der Waals surface area contributed by atoms with Crippen molar-refractivity contribution in [3.8, 4) is 0 Å². The minimum Gasteiger partial charge on any atom is -0.366 e. The fourth-order valence-corrected chi connectivity index (χ4v) is 1.99. The summed E-state index contributed by atoms with van der Waals surface area (Å²) in [4.78, 5) is 0. The number of anilines is 1. The van der Waals surface area contributed by atoms with Gasteiger partial charge in [-0.25, -0.2) is 9.07 Å². The Hall–Kier alpha value is -2.14. The number of rotatable bonds is 3. The zero-order valence-corrected chi connectivity index (χ0v) is 10.6. The molecule has 1 heterocycles. The molecule has 2 aromatic carbocycles. The Morgan fingerprint density at radius 2 is 2.05 bits per heavy atom. The monoisotopic (exact) mass is 276 g/mol. The second-order valence-electron chi connectivity index (χ2n) is 4.04. The number of hydrogen-bond donors (Lipinski definition) is 1. The van der Waals surface area contributed by atoms with E-state index in [1.807, 2.05) is 24.3 Å². The van der Waals surface area contributed by atoms with E-state index in [1.54, 1.807) is 10.7 Å². The first-order valence-corrected chi connectivity index (χ1v) is 6.09. The maximum absolute atomic E-state index is 13.0. The van der Waals surface area contributed by atoms with Crippen LogP contribution in [0.5, 0.6) is 0 Å². The second kappa shape index (κ2) is 4.85. The number of para-hydroxylation sites is 1. The molecule has 0 fully saturated rings. The zero-order chi connectivity index (χ0) is 13.2. The first-order chi connectivity index (χ1) is 9.24. The van der Waals surface area contributed by atoms with Crippen LogP contribution in [0.3, 0.4) is 0 Å². The van der Waals surface area contributed by atoms with Gasteiger partial charge < -0.3 is 5.32 Å². The van der Waals surface area contributed by atoms with Crippen molar-refractivity contribution >= 4 is 28.3 Å². The molecule has 0 aliphatic rings. The Morgan fingerprint density at radius 3 is 2.89 bits per heavy atom. The average Bonchev–Trinajstić information content (AvgIpc) is 2.83. The molecule has 0 unspecified atom stereocenters. The summed E-state index contributed by atoms with van der Waals surface area (Å²) in [5, 5.41) is 11.3. The number of nitrogens with zero attached hydrogens (tertiary/aromatic N) is 3. The quantitative estimate of drug-likeness (QED) is 0.798. The molecular weight excluding hydrogens is 267 g/mol. The standard InChI is InChI=1S/C13H10ClFN4/c14-10-7-9(5-6-11(10)15)16-8-19-13-4-2-1-3-12(13)17-18-19/h1-7,16H,8H2. The highest BCUT2D eigenvalue weighted by molar-refractivity contribution is 6.31. The highest BCUT2D eigenvalue weighted by atomic mass is 35.5. The first kappa shape index (κ1) is 11.9. The average molecular weight is 277 g/mol. The summed E-state index contributed by atoms with van der Waals surface area (Å²) in [7, 11) is 0. The van der Waals surface area contributed by atoms with E-state index in [4.69, 9.17) is 11.6 Å². The normalized spacial score (nSPS) is 10.8. The van der Waals surface area contributed by atoms with Gasteiger partial charge in [0.2, 0.25) is 0 Å². The van der Waals surface area contributed by atoms with Gasteiger partial charge in [-0.05, 0) is 30.3 Å². The van der Waals surface area contributed by atoms with Gasteiger partial charge in [-0.15, -0.1) is 5.10 Å². The molecule has 6 heteroatoms. The van der Waals surface area contributed by atoms with Gasteiger partial charge in [0.05, 0.1) is 10.5 Å². The van der Waals surface area contributed by atoms with Crippen LogP contribution in [0.2, 0.25) is 5.02 Å². The van der Waals surface area contributed by atoms with Gasteiger partial charge >= 0.3 is 0 Å². The van der Waals surface area contributed by atoms with Crippen LogP contribution in [0, 0.1) is 5.82 Å². The predicted molar refractivity (Wildman–Crippen MR) is 72.6 cm³/mol. The lowest BCUT2D eigenvalue weighted by Crippen LogP contribution is -2.09. The maximum atomic E-state index is 13.0. The third-order valence-electron chi connectivity index (χ3n) is 2.77. The number of benzene rings is 2. The van der Waals surface area contributed by atoms with E-state index in [1.165, 1.54) is 12.1 Å². The largest absolute Gasteiger partial charge is 0.366 e. The zero-order valence-electron chi connectivity index (χ0n) is 9.85. The van der Waals surface area contributed by atoms with Crippen molar-refractivity contribution in [3.05, 3.63) is 53.3 Å². The third kappa shape index (κ3) is 2.37. The predicted octanol–water partition coefficient (Wildman–Crippen LogP) is 3.29. The summed E-state index contributed by atoms with van der Waals surface area (Å²) in [6.07, 6.45) is 0. The van der Waals surface area contributed by atoms with Crippen molar-refractivity contribution in [1.82, 2.24) is 15.0 Å². The lowest BCUT2D eigenvalue weighted by atomic mass is 10.3. The summed E-state index contributed by atoms with van der Waals surface area (Å²) in [5.41, 5.74) is 2.50. The van der Waals surface area contributed by atoms with Crippen molar-refractivity contribution in [3.63, 3.8) is 0 Å². The number of hydrogen-bond acceptors (Lipinski definition) is 3. The van der Waals surface area contributed by atoms with Gasteiger partial charge in [0.15, 0.2) is 0 Å². The van der Waals surface area contributed by atoms with Crippen LogP contribution in [0.25, 0.3) is 11.0 Å². The van der Waals surface area contributed by atoms with E-state index >= 15 is 0 Å². The van der Waals surface area contributed by atoms with Crippen molar-refractivity contribution in [2.24, 2.45) is 0 Å². The molecule has 0 bridgehead atoms. The molecule has 0 saturated heterocycles. The van der Waals surface area contributed by atoms with Crippen LogP contribution >= 0.6 is 11.6 Å². The molecule has 0 amide bonds. The molecule has 1 N–H and O–H groups in total. The molecule has 0 spiro atoms. The smallest absolute Gasteiger partial charge is 0.141 e. The van der Waals surface area contributed by atoms with Crippen molar-refractivity contribution in [1.29, 1.82) is 0 Å². The van der Waals surface area contributed by atoms with Gasteiger partial charge in [-0.2, -0.15) is 0 Å². The van der Waals surface area contributed by atoms with Gasteiger partial charge in [-0.1, -0.05) is 28.9 Å². The lowest BCUT2D eigenvalue weighted by Gasteiger charge is -2.07. The van der Waals surface area contributed by atoms with E-state index in [9.17, 15) is 4.39 Å². The van der Waals surface area contributed by atoms with Crippen molar-refractivity contribution < 1.29 is 4.39 Å². The topological polar surface area (TPSA) is 42.7 Å². The Kier molecular flexibility index (Phi) is 3.05. The SMILES string of the molecule is Fc1ccc(NCn2nnc3ccccc32)cc1Cl. The van der Waals surface area contributed by atoms with Gasteiger partial charge in [-0.3, -0.25) is 0 Å². The van der Waals surface area contributed by atoms with E-state index < -0.39 is 5.82 Å². The highest BCUT2D eigenvalue weighted by Crippen LogP contribution is 2.19. The maximum Gasteiger partial charge on any atom is 0.141 e. The number of nitrogens with one attached hydrogen (secondary N) is 1. The van der Waals surface area contributed by atoms with Crippen LogP contribution < -0.4 is 5.32 Å².